The lowest BCUT2D eigenvalue weighted by molar-refractivity contribution is 0.747. The number of nitrogens with one attached hydrogen (secondary N) is 1. The average molecular weight is 231 g/mol. The highest BCUT2D eigenvalue weighted by Crippen LogP contribution is 1.99. The summed E-state index contributed by atoms with van der Waals surface area (Å²) in [5.41, 5.74) is 2.44. The molecule has 92 valence electrons. The van der Waals surface area contributed by atoms with E-state index in [0.717, 1.165) is 18.7 Å². The normalized spacial score (nSPS) is 10.1. The molecular weight excluding hydrogens is 210 g/mol. The fourth-order valence-electron chi connectivity index (χ4n) is 1.30. The monoisotopic (exact) mass is 231 g/mol. The number of allylic oxidation sites excluding steroid dienone is 2. The third-order valence-corrected chi connectivity index (χ3v) is 2.10. The zero-order valence-corrected chi connectivity index (χ0v) is 10.1. The van der Waals surface area contributed by atoms with E-state index in [-0.39, 0.29) is 0 Å². The lowest BCUT2D eigenvalue weighted by Gasteiger charge is -2.04. The van der Waals surface area contributed by atoms with E-state index >= 15 is 0 Å². The van der Waals surface area contributed by atoms with Crippen LogP contribution in [0.5, 0.6) is 0 Å². The van der Waals surface area contributed by atoms with Crippen LogP contribution in [-0.4, -0.2) is 6.54 Å². The maximum Gasteiger partial charge on any atom is 0.0208 e. The maximum atomic E-state index is 4.00. The zero-order valence-electron chi connectivity index (χ0n) is 10.1. The molecular formula is C14H21N3. The Labute approximate surface area is 103 Å². The van der Waals surface area contributed by atoms with Gasteiger partial charge in [-0.15, -0.1) is 0 Å². The molecule has 0 saturated heterocycles. The summed E-state index contributed by atoms with van der Waals surface area (Å²) in [6, 6.07) is 10.3. The molecule has 1 aromatic rings. The van der Waals surface area contributed by atoms with E-state index < -0.39 is 0 Å². The van der Waals surface area contributed by atoms with E-state index in [1.54, 1.807) is 6.08 Å². The second-order valence-corrected chi connectivity index (χ2v) is 3.27. The molecule has 0 unspecified atom stereocenters. The van der Waals surface area contributed by atoms with Gasteiger partial charge in [0.2, 0.25) is 0 Å². The fraction of sp³-hybridized carbons (Fsp3) is 0.143. The van der Waals surface area contributed by atoms with Crippen molar-refractivity contribution in [3.63, 3.8) is 0 Å². The van der Waals surface area contributed by atoms with Crippen LogP contribution in [0.3, 0.4) is 0 Å². The summed E-state index contributed by atoms with van der Waals surface area (Å²) < 4.78 is 0. The highest BCUT2D eigenvalue weighted by atomic mass is 15.0. The molecule has 17 heavy (non-hydrogen) atoms. The van der Waals surface area contributed by atoms with Crippen molar-refractivity contribution >= 4 is 0 Å². The van der Waals surface area contributed by atoms with Gasteiger partial charge >= 0.3 is 0 Å². The van der Waals surface area contributed by atoms with Crippen molar-refractivity contribution in [2.45, 2.75) is 6.54 Å². The Morgan fingerprint density at radius 2 is 1.82 bits per heavy atom. The first-order valence-electron chi connectivity index (χ1n) is 5.39. The van der Waals surface area contributed by atoms with Gasteiger partial charge in [-0.05, 0) is 11.1 Å². The highest BCUT2D eigenvalue weighted by Gasteiger charge is 1.92. The first kappa shape index (κ1) is 15.3. The molecule has 0 amide bonds. The van der Waals surface area contributed by atoms with Crippen molar-refractivity contribution in [3.8, 4) is 0 Å². The van der Waals surface area contributed by atoms with Gasteiger partial charge in [0.15, 0.2) is 0 Å². The van der Waals surface area contributed by atoms with Gasteiger partial charge in [0.25, 0.3) is 0 Å². The fourth-order valence-corrected chi connectivity index (χ4v) is 1.30. The van der Waals surface area contributed by atoms with Crippen molar-refractivity contribution < 1.29 is 0 Å². The molecule has 0 spiro atoms. The van der Waals surface area contributed by atoms with Crippen molar-refractivity contribution in [1.82, 2.24) is 5.32 Å². The number of rotatable bonds is 6. The quantitative estimate of drug-likeness (QED) is 0.398. The highest BCUT2D eigenvalue weighted by molar-refractivity contribution is 5.22. The lowest BCUT2D eigenvalue weighted by Crippen LogP contribution is -2.15. The van der Waals surface area contributed by atoms with E-state index in [1.165, 1.54) is 5.56 Å². The SMILES string of the molecule is C=C/C=C(\C=C)CNCc1ccccc1.NN. The number of hydrogen-bond donors (Lipinski definition) is 3. The lowest BCUT2D eigenvalue weighted by atomic mass is 10.2. The first-order chi connectivity index (χ1) is 8.36. The molecule has 5 N–H and O–H groups in total. The summed E-state index contributed by atoms with van der Waals surface area (Å²) in [5.74, 6) is 8.00. The Morgan fingerprint density at radius 1 is 1.18 bits per heavy atom. The second kappa shape index (κ2) is 10.8. The van der Waals surface area contributed by atoms with E-state index in [0.29, 0.717) is 0 Å². The van der Waals surface area contributed by atoms with Gasteiger partial charge in [-0.1, -0.05) is 61.7 Å². The summed E-state index contributed by atoms with van der Waals surface area (Å²) in [6.45, 7) is 9.11. The molecule has 0 fully saturated rings. The molecule has 0 aliphatic heterocycles. The Kier molecular flexibility index (Phi) is 9.76. The molecule has 3 heteroatoms. The van der Waals surface area contributed by atoms with Crippen molar-refractivity contribution in [2.75, 3.05) is 6.54 Å². The van der Waals surface area contributed by atoms with E-state index in [1.807, 2.05) is 30.4 Å². The third-order valence-electron chi connectivity index (χ3n) is 2.10. The summed E-state index contributed by atoms with van der Waals surface area (Å²) >= 11 is 0. The topological polar surface area (TPSA) is 64.1 Å². The average Bonchev–Trinajstić information content (AvgIpc) is 2.41. The van der Waals surface area contributed by atoms with Crippen LogP contribution in [0.25, 0.3) is 0 Å². The smallest absolute Gasteiger partial charge is 0.0208 e. The zero-order chi connectivity index (χ0) is 12.9. The van der Waals surface area contributed by atoms with E-state index in [9.17, 15) is 0 Å². The minimum absolute atomic E-state index is 0.824. The summed E-state index contributed by atoms with van der Waals surface area (Å²) in [5, 5.41) is 3.35. The Morgan fingerprint density at radius 3 is 2.35 bits per heavy atom. The Balaban J connectivity index is 0.00000121. The van der Waals surface area contributed by atoms with E-state index in [4.69, 9.17) is 0 Å². The summed E-state index contributed by atoms with van der Waals surface area (Å²) in [7, 11) is 0. The summed E-state index contributed by atoms with van der Waals surface area (Å²) in [4.78, 5) is 0. The predicted molar refractivity (Wildman–Crippen MR) is 75.0 cm³/mol. The van der Waals surface area contributed by atoms with Crippen LogP contribution in [0, 0.1) is 0 Å². The largest absolute Gasteiger partial charge is 0.309 e. The van der Waals surface area contributed by atoms with Gasteiger partial charge in [-0.3, -0.25) is 11.7 Å². The molecule has 3 nitrogen and oxygen atoms in total. The molecule has 0 saturated carbocycles. The van der Waals surface area contributed by atoms with Crippen LogP contribution in [0.4, 0.5) is 0 Å². The molecule has 0 atom stereocenters. The van der Waals surface area contributed by atoms with Crippen LogP contribution in [0.15, 0.2) is 67.3 Å². The molecule has 0 aromatic heterocycles. The van der Waals surface area contributed by atoms with Gasteiger partial charge in [0, 0.05) is 13.1 Å². The van der Waals surface area contributed by atoms with Gasteiger partial charge < -0.3 is 5.32 Å². The molecule has 0 aliphatic carbocycles. The minimum Gasteiger partial charge on any atom is -0.309 e. The van der Waals surface area contributed by atoms with Crippen molar-refractivity contribution in [1.29, 1.82) is 0 Å². The number of benzene rings is 1. The summed E-state index contributed by atoms with van der Waals surface area (Å²) in [6.07, 6.45) is 5.59. The van der Waals surface area contributed by atoms with Crippen LogP contribution in [-0.2, 0) is 6.54 Å². The van der Waals surface area contributed by atoms with E-state index in [2.05, 4.69) is 42.3 Å². The first-order valence-corrected chi connectivity index (χ1v) is 5.39. The Hall–Kier alpha value is -1.68. The molecule has 0 heterocycles. The molecule has 0 radical (unpaired) electrons. The molecule has 0 aliphatic rings. The third kappa shape index (κ3) is 7.25. The van der Waals surface area contributed by atoms with Gasteiger partial charge in [-0.25, -0.2) is 0 Å². The standard InChI is InChI=1S/C14H17N.H4N2/c1-3-8-13(4-2)11-15-12-14-9-6-5-7-10-14;1-2/h3-10,15H,1-2,11-12H2;1-2H2/b13-8+;. The predicted octanol–water partition coefficient (Wildman–Crippen LogP) is 1.89. The minimum atomic E-state index is 0.824. The van der Waals surface area contributed by atoms with Crippen molar-refractivity contribution in [3.05, 3.63) is 72.9 Å². The number of nitrogens with two attached hydrogens (primary N) is 2. The van der Waals surface area contributed by atoms with Crippen molar-refractivity contribution in [2.24, 2.45) is 11.7 Å². The van der Waals surface area contributed by atoms with Crippen LogP contribution < -0.4 is 17.0 Å². The number of hydrazine groups is 1. The second-order valence-electron chi connectivity index (χ2n) is 3.27. The molecule has 1 aromatic carbocycles. The number of hydrogen-bond acceptors (Lipinski definition) is 3. The van der Waals surface area contributed by atoms with Gasteiger partial charge in [0.05, 0.1) is 0 Å². The molecule has 1 rings (SSSR count). The van der Waals surface area contributed by atoms with Crippen LogP contribution in [0.2, 0.25) is 0 Å². The molecule has 0 bridgehead atoms. The van der Waals surface area contributed by atoms with Gasteiger partial charge in [-0.2, -0.15) is 0 Å². The Bertz CT molecular complexity index is 342. The maximum absolute atomic E-state index is 4.00. The van der Waals surface area contributed by atoms with Crippen LogP contribution in [0.1, 0.15) is 5.56 Å². The van der Waals surface area contributed by atoms with Gasteiger partial charge in [0.1, 0.15) is 0 Å². The van der Waals surface area contributed by atoms with Crippen LogP contribution >= 0.6 is 0 Å².